The van der Waals surface area contributed by atoms with Gasteiger partial charge in [-0.15, -0.1) is 6.58 Å². The molecule has 1 unspecified atom stereocenters. The van der Waals surface area contributed by atoms with Crippen LogP contribution in [0.5, 0.6) is 0 Å². The first kappa shape index (κ1) is 11.9. The first-order chi connectivity index (χ1) is 8.26. The van der Waals surface area contributed by atoms with Gasteiger partial charge in [0.1, 0.15) is 0 Å². The molecule has 0 spiro atoms. The molecule has 0 aromatic carbocycles. The largest absolute Gasteiger partial charge is 0.367 e. The summed E-state index contributed by atoms with van der Waals surface area (Å²) in [6.45, 7) is 11.0. The van der Waals surface area contributed by atoms with Gasteiger partial charge in [-0.25, -0.2) is 9.97 Å². The molecule has 1 aromatic rings. The number of rotatable bonds is 3. The maximum absolute atomic E-state index is 4.73. The zero-order chi connectivity index (χ0) is 12.3. The minimum Gasteiger partial charge on any atom is -0.367 e. The van der Waals surface area contributed by atoms with E-state index in [0.717, 1.165) is 43.4 Å². The van der Waals surface area contributed by atoms with Crippen LogP contribution in [0.25, 0.3) is 0 Å². The molecule has 1 aliphatic heterocycles. The topological polar surface area (TPSA) is 41.1 Å². The molecule has 0 aliphatic carbocycles. The Morgan fingerprint density at radius 2 is 2.47 bits per heavy atom. The quantitative estimate of drug-likeness (QED) is 0.813. The molecule has 1 aliphatic rings. The summed E-state index contributed by atoms with van der Waals surface area (Å²) in [6, 6.07) is 0. The second-order valence-corrected chi connectivity index (χ2v) is 4.35. The zero-order valence-electron chi connectivity index (χ0n) is 10.6. The summed E-state index contributed by atoms with van der Waals surface area (Å²) in [5.74, 6) is 2.13. The molecule has 1 atom stereocenters. The normalized spacial score (nSPS) is 16.7. The molecular formula is C13H20N4. The third-order valence-corrected chi connectivity index (χ3v) is 3.17. The fraction of sp³-hybridized carbons (Fsp3) is 0.538. The van der Waals surface area contributed by atoms with Gasteiger partial charge in [-0.1, -0.05) is 13.0 Å². The molecule has 4 heteroatoms. The van der Waals surface area contributed by atoms with E-state index in [1.807, 2.05) is 12.3 Å². The SMILES string of the molecule is C=CC(C)c1cnc2c(n1)N(CC)CCCN2. The fourth-order valence-corrected chi connectivity index (χ4v) is 1.97. The van der Waals surface area contributed by atoms with E-state index in [-0.39, 0.29) is 5.92 Å². The van der Waals surface area contributed by atoms with Crippen molar-refractivity contribution in [3.05, 3.63) is 24.5 Å². The van der Waals surface area contributed by atoms with E-state index >= 15 is 0 Å². The third-order valence-electron chi connectivity index (χ3n) is 3.17. The monoisotopic (exact) mass is 232 g/mol. The van der Waals surface area contributed by atoms with Crippen LogP contribution in [-0.4, -0.2) is 29.6 Å². The molecule has 2 heterocycles. The summed E-state index contributed by atoms with van der Waals surface area (Å²) in [7, 11) is 0. The minimum atomic E-state index is 0.245. The molecule has 0 amide bonds. The number of fused-ring (bicyclic) bond motifs is 1. The van der Waals surface area contributed by atoms with Gasteiger partial charge in [0.15, 0.2) is 11.6 Å². The molecule has 4 nitrogen and oxygen atoms in total. The summed E-state index contributed by atoms with van der Waals surface area (Å²) >= 11 is 0. The summed E-state index contributed by atoms with van der Waals surface area (Å²) in [5.41, 5.74) is 0.987. The van der Waals surface area contributed by atoms with E-state index in [0.29, 0.717) is 0 Å². The molecule has 0 saturated heterocycles. The van der Waals surface area contributed by atoms with Crippen molar-refractivity contribution in [1.82, 2.24) is 9.97 Å². The average Bonchev–Trinajstić information content (AvgIpc) is 2.58. The maximum Gasteiger partial charge on any atom is 0.172 e. The smallest absolute Gasteiger partial charge is 0.172 e. The highest BCUT2D eigenvalue weighted by Gasteiger charge is 2.17. The number of nitrogens with one attached hydrogen (secondary N) is 1. The Morgan fingerprint density at radius 1 is 1.65 bits per heavy atom. The molecule has 92 valence electrons. The number of nitrogens with zero attached hydrogens (tertiary/aromatic N) is 3. The molecule has 0 bridgehead atoms. The van der Waals surface area contributed by atoms with Crippen LogP contribution in [0.1, 0.15) is 31.9 Å². The van der Waals surface area contributed by atoms with Gasteiger partial charge in [0.05, 0.1) is 11.9 Å². The van der Waals surface area contributed by atoms with Crippen LogP contribution >= 0.6 is 0 Å². The summed E-state index contributed by atoms with van der Waals surface area (Å²) in [4.78, 5) is 11.5. The number of aromatic nitrogens is 2. The molecular weight excluding hydrogens is 212 g/mol. The Hall–Kier alpha value is -1.58. The van der Waals surface area contributed by atoms with Crippen molar-refractivity contribution in [3.8, 4) is 0 Å². The van der Waals surface area contributed by atoms with Crippen molar-refractivity contribution in [3.63, 3.8) is 0 Å². The van der Waals surface area contributed by atoms with E-state index in [1.165, 1.54) is 0 Å². The first-order valence-corrected chi connectivity index (χ1v) is 6.24. The van der Waals surface area contributed by atoms with E-state index in [1.54, 1.807) is 0 Å². The van der Waals surface area contributed by atoms with Crippen molar-refractivity contribution >= 4 is 11.6 Å². The second-order valence-electron chi connectivity index (χ2n) is 4.35. The first-order valence-electron chi connectivity index (χ1n) is 6.24. The van der Waals surface area contributed by atoms with Crippen molar-refractivity contribution < 1.29 is 0 Å². The van der Waals surface area contributed by atoms with Crippen LogP contribution < -0.4 is 10.2 Å². The molecule has 1 N–H and O–H groups in total. The molecule has 17 heavy (non-hydrogen) atoms. The number of anilines is 2. The predicted octanol–water partition coefficient (Wildman–Crippen LogP) is 2.41. The second kappa shape index (κ2) is 5.17. The van der Waals surface area contributed by atoms with E-state index in [9.17, 15) is 0 Å². The predicted molar refractivity (Wildman–Crippen MR) is 71.6 cm³/mol. The summed E-state index contributed by atoms with van der Waals surface area (Å²) in [6.07, 6.45) is 4.87. The van der Waals surface area contributed by atoms with Gasteiger partial charge in [-0.2, -0.15) is 0 Å². The highest BCUT2D eigenvalue weighted by molar-refractivity contribution is 5.62. The lowest BCUT2D eigenvalue weighted by Gasteiger charge is -2.21. The zero-order valence-corrected chi connectivity index (χ0v) is 10.6. The van der Waals surface area contributed by atoms with Gasteiger partial charge in [0, 0.05) is 25.6 Å². The van der Waals surface area contributed by atoms with Crippen molar-refractivity contribution in [1.29, 1.82) is 0 Å². The van der Waals surface area contributed by atoms with Gasteiger partial charge < -0.3 is 10.2 Å². The molecule has 0 saturated carbocycles. The third kappa shape index (κ3) is 2.40. The van der Waals surface area contributed by atoms with Crippen molar-refractivity contribution in [2.75, 3.05) is 29.9 Å². The van der Waals surface area contributed by atoms with Gasteiger partial charge in [-0.05, 0) is 13.3 Å². The van der Waals surface area contributed by atoms with E-state index < -0.39 is 0 Å². The van der Waals surface area contributed by atoms with Gasteiger partial charge >= 0.3 is 0 Å². The number of allylic oxidation sites excluding steroid dienone is 1. The Bertz CT molecular complexity index is 402. The Kier molecular flexibility index (Phi) is 3.61. The molecule has 2 rings (SSSR count). The van der Waals surface area contributed by atoms with Crippen LogP contribution in [0.3, 0.4) is 0 Å². The minimum absolute atomic E-state index is 0.245. The number of hydrogen-bond acceptors (Lipinski definition) is 4. The molecule has 0 radical (unpaired) electrons. The molecule has 1 aromatic heterocycles. The molecule has 0 fully saturated rings. The standard InChI is InChI=1S/C13H20N4/c1-4-10(3)11-9-15-12-13(16-11)17(5-2)8-6-7-14-12/h4,9-10H,1,5-8H2,2-3H3,(H,14,15). The Balaban J connectivity index is 2.39. The van der Waals surface area contributed by atoms with Crippen molar-refractivity contribution in [2.45, 2.75) is 26.2 Å². The van der Waals surface area contributed by atoms with Crippen LogP contribution in [-0.2, 0) is 0 Å². The summed E-state index contributed by atoms with van der Waals surface area (Å²) < 4.78 is 0. The lowest BCUT2D eigenvalue weighted by Crippen LogP contribution is -2.24. The summed E-state index contributed by atoms with van der Waals surface area (Å²) in [5, 5.41) is 3.33. The lowest BCUT2D eigenvalue weighted by atomic mass is 10.1. The van der Waals surface area contributed by atoms with Gasteiger partial charge in [0.2, 0.25) is 0 Å². The highest BCUT2D eigenvalue weighted by Crippen LogP contribution is 2.26. The maximum atomic E-state index is 4.73. The van der Waals surface area contributed by atoms with Crippen LogP contribution in [0.15, 0.2) is 18.9 Å². The Morgan fingerprint density at radius 3 is 3.18 bits per heavy atom. The lowest BCUT2D eigenvalue weighted by molar-refractivity contribution is 0.770. The Labute approximate surface area is 103 Å². The van der Waals surface area contributed by atoms with Crippen LogP contribution in [0.2, 0.25) is 0 Å². The van der Waals surface area contributed by atoms with Crippen LogP contribution in [0, 0.1) is 0 Å². The number of hydrogen-bond donors (Lipinski definition) is 1. The van der Waals surface area contributed by atoms with Crippen molar-refractivity contribution in [2.24, 2.45) is 0 Å². The average molecular weight is 232 g/mol. The van der Waals surface area contributed by atoms with Gasteiger partial charge in [-0.3, -0.25) is 0 Å². The fourth-order valence-electron chi connectivity index (χ4n) is 1.97. The van der Waals surface area contributed by atoms with Gasteiger partial charge in [0.25, 0.3) is 0 Å². The highest BCUT2D eigenvalue weighted by atomic mass is 15.2. The van der Waals surface area contributed by atoms with Crippen LogP contribution in [0.4, 0.5) is 11.6 Å². The van der Waals surface area contributed by atoms with E-state index in [2.05, 4.69) is 35.6 Å². The van der Waals surface area contributed by atoms with E-state index in [4.69, 9.17) is 4.98 Å².